The Labute approximate surface area is 143 Å². The predicted octanol–water partition coefficient (Wildman–Crippen LogP) is 0.894. The summed E-state index contributed by atoms with van der Waals surface area (Å²) in [7, 11) is 0. The van der Waals surface area contributed by atoms with Crippen molar-refractivity contribution in [1.29, 1.82) is 0 Å². The van der Waals surface area contributed by atoms with Gasteiger partial charge in [0.1, 0.15) is 0 Å². The fourth-order valence-corrected chi connectivity index (χ4v) is 2.77. The molecule has 1 aromatic rings. The zero-order valence-corrected chi connectivity index (χ0v) is 13.7. The van der Waals surface area contributed by atoms with Gasteiger partial charge < -0.3 is 15.3 Å². The summed E-state index contributed by atoms with van der Waals surface area (Å²) in [6.07, 6.45) is 0.0672. The molecule has 25 heavy (non-hydrogen) atoms. The van der Waals surface area contributed by atoms with Crippen LogP contribution in [0.1, 0.15) is 23.7 Å². The van der Waals surface area contributed by atoms with E-state index in [0.29, 0.717) is 6.54 Å². The Morgan fingerprint density at radius 2 is 1.92 bits per heavy atom. The molecule has 134 valence electrons. The highest BCUT2D eigenvalue weighted by atomic mass is 16.6. The smallest absolute Gasteiger partial charge is 0.308 e. The second-order valence-corrected chi connectivity index (χ2v) is 6.03. The van der Waals surface area contributed by atoms with Crippen LogP contribution in [0.25, 0.3) is 0 Å². The summed E-state index contributed by atoms with van der Waals surface area (Å²) in [5.41, 5.74) is 0.154. The summed E-state index contributed by atoms with van der Waals surface area (Å²) in [6, 6.07) is 5.15. The maximum absolute atomic E-state index is 12.1. The number of nitrogens with zero attached hydrogens (tertiary/aromatic N) is 2. The lowest BCUT2D eigenvalue weighted by Gasteiger charge is -2.16. The molecule has 2 N–H and O–H groups in total. The highest BCUT2D eigenvalue weighted by Gasteiger charge is 2.36. The number of carbonyl (C=O) groups is 3. The SMILES string of the molecule is C[C@@H]1CN(C(=O)CCNC(=O)c2ccc([N+](=O)[O-])cc2)C[C@H]1C(=O)O. The van der Waals surface area contributed by atoms with E-state index in [0.717, 1.165) is 0 Å². The average Bonchev–Trinajstić information content (AvgIpc) is 2.97. The van der Waals surface area contributed by atoms with Crippen LogP contribution in [0.15, 0.2) is 24.3 Å². The van der Waals surface area contributed by atoms with Crippen LogP contribution in [0.4, 0.5) is 5.69 Å². The molecule has 1 fully saturated rings. The van der Waals surface area contributed by atoms with Crippen molar-refractivity contribution in [3.05, 3.63) is 39.9 Å². The third kappa shape index (κ3) is 4.52. The number of hydrogen-bond acceptors (Lipinski definition) is 5. The van der Waals surface area contributed by atoms with Gasteiger partial charge in [-0.3, -0.25) is 24.5 Å². The molecular formula is C16H19N3O6. The van der Waals surface area contributed by atoms with Gasteiger partial charge in [0.15, 0.2) is 0 Å². The standard InChI is InChI=1S/C16H19N3O6/c1-10-8-18(9-13(10)16(22)23)14(20)6-7-17-15(21)11-2-4-12(5-3-11)19(24)25/h2-5,10,13H,6-9H2,1H3,(H,17,21)(H,22,23)/t10-,13-/m1/s1. The van der Waals surface area contributed by atoms with E-state index in [4.69, 9.17) is 5.11 Å². The van der Waals surface area contributed by atoms with Gasteiger partial charge in [-0.25, -0.2) is 0 Å². The number of non-ortho nitro benzene ring substituents is 1. The van der Waals surface area contributed by atoms with Crippen molar-refractivity contribution in [1.82, 2.24) is 10.2 Å². The number of hydrogen-bond donors (Lipinski definition) is 2. The van der Waals surface area contributed by atoms with Crippen LogP contribution in [0.2, 0.25) is 0 Å². The molecule has 9 heteroatoms. The van der Waals surface area contributed by atoms with Gasteiger partial charge in [-0.1, -0.05) is 6.92 Å². The van der Waals surface area contributed by atoms with Crippen LogP contribution in [-0.2, 0) is 9.59 Å². The fourth-order valence-electron chi connectivity index (χ4n) is 2.77. The van der Waals surface area contributed by atoms with Gasteiger partial charge in [0.25, 0.3) is 11.6 Å². The Balaban J connectivity index is 1.80. The summed E-state index contributed by atoms with van der Waals surface area (Å²) >= 11 is 0. The Kier molecular flexibility index (Phi) is 5.68. The average molecular weight is 349 g/mol. The number of benzene rings is 1. The van der Waals surface area contributed by atoms with Crippen molar-refractivity contribution >= 4 is 23.5 Å². The van der Waals surface area contributed by atoms with E-state index in [1.165, 1.54) is 29.2 Å². The fraction of sp³-hybridized carbons (Fsp3) is 0.438. The number of aliphatic carboxylic acids is 1. The molecule has 1 heterocycles. The molecule has 0 saturated carbocycles. The number of carboxylic acids is 1. The van der Waals surface area contributed by atoms with Crippen LogP contribution < -0.4 is 5.32 Å². The molecule has 2 amide bonds. The largest absolute Gasteiger partial charge is 0.481 e. The zero-order chi connectivity index (χ0) is 18.6. The summed E-state index contributed by atoms with van der Waals surface area (Å²) in [5.74, 6) is -2.20. The Morgan fingerprint density at radius 1 is 1.28 bits per heavy atom. The molecule has 0 unspecified atom stereocenters. The number of carboxylic acid groups (broad SMARTS) is 1. The van der Waals surface area contributed by atoms with E-state index in [1.807, 2.05) is 0 Å². The van der Waals surface area contributed by atoms with Crippen LogP contribution in [0.5, 0.6) is 0 Å². The first-order valence-corrected chi connectivity index (χ1v) is 7.83. The number of nitro groups is 1. The summed E-state index contributed by atoms with van der Waals surface area (Å²) in [6.45, 7) is 2.48. The number of likely N-dealkylation sites (tertiary alicyclic amines) is 1. The zero-order valence-electron chi connectivity index (χ0n) is 13.7. The molecule has 0 bridgehead atoms. The lowest BCUT2D eigenvalue weighted by atomic mass is 9.99. The summed E-state index contributed by atoms with van der Waals surface area (Å²) < 4.78 is 0. The van der Waals surface area contributed by atoms with Gasteiger partial charge in [-0.05, 0) is 18.1 Å². The van der Waals surface area contributed by atoms with E-state index in [2.05, 4.69) is 5.32 Å². The maximum Gasteiger partial charge on any atom is 0.308 e. The van der Waals surface area contributed by atoms with Crippen molar-refractivity contribution in [2.24, 2.45) is 11.8 Å². The van der Waals surface area contributed by atoms with Crippen molar-refractivity contribution in [3.8, 4) is 0 Å². The first-order chi connectivity index (χ1) is 11.8. The molecule has 0 spiro atoms. The van der Waals surface area contributed by atoms with Crippen molar-refractivity contribution in [2.75, 3.05) is 19.6 Å². The van der Waals surface area contributed by atoms with E-state index in [1.54, 1.807) is 6.92 Å². The maximum atomic E-state index is 12.1. The van der Waals surface area contributed by atoms with Crippen molar-refractivity contribution in [2.45, 2.75) is 13.3 Å². The minimum atomic E-state index is -0.908. The second-order valence-electron chi connectivity index (χ2n) is 6.03. The van der Waals surface area contributed by atoms with Crippen molar-refractivity contribution in [3.63, 3.8) is 0 Å². The molecule has 2 atom stereocenters. The van der Waals surface area contributed by atoms with Gasteiger partial charge in [0, 0.05) is 43.8 Å². The van der Waals surface area contributed by atoms with Crippen LogP contribution >= 0.6 is 0 Å². The number of carbonyl (C=O) groups excluding carboxylic acids is 2. The van der Waals surface area contributed by atoms with Crippen LogP contribution in [0.3, 0.4) is 0 Å². The lowest BCUT2D eigenvalue weighted by Crippen LogP contribution is -2.33. The van der Waals surface area contributed by atoms with Gasteiger partial charge in [-0.2, -0.15) is 0 Å². The second kappa shape index (κ2) is 7.73. The third-order valence-corrected chi connectivity index (χ3v) is 4.25. The van der Waals surface area contributed by atoms with Gasteiger partial charge >= 0.3 is 5.97 Å². The summed E-state index contributed by atoms with van der Waals surface area (Å²) in [5, 5.41) is 22.2. The third-order valence-electron chi connectivity index (χ3n) is 4.25. The number of nitro benzene ring substituents is 1. The van der Waals surface area contributed by atoms with Crippen molar-refractivity contribution < 1.29 is 24.4 Å². The topological polar surface area (TPSA) is 130 Å². The molecule has 1 aromatic carbocycles. The molecule has 1 saturated heterocycles. The number of nitrogens with one attached hydrogen (secondary N) is 1. The molecule has 0 aromatic heterocycles. The first kappa shape index (κ1) is 18.4. The number of amides is 2. The monoisotopic (exact) mass is 349 g/mol. The van der Waals surface area contributed by atoms with Gasteiger partial charge in [0.05, 0.1) is 10.8 Å². The first-order valence-electron chi connectivity index (χ1n) is 7.83. The highest BCUT2D eigenvalue weighted by molar-refractivity contribution is 5.94. The molecule has 0 radical (unpaired) electrons. The molecule has 0 aliphatic carbocycles. The predicted molar refractivity (Wildman–Crippen MR) is 86.9 cm³/mol. The highest BCUT2D eigenvalue weighted by Crippen LogP contribution is 2.23. The van der Waals surface area contributed by atoms with Crippen LogP contribution in [0, 0.1) is 22.0 Å². The van der Waals surface area contributed by atoms with E-state index in [-0.39, 0.29) is 42.6 Å². The van der Waals surface area contributed by atoms with Gasteiger partial charge in [0.2, 0.25) is 5.91 Å². The Bertz CT molecular complexity index is 688. The van der Waals surface area contributed by atoms with Crippen LogP contribution in [-0.4, -0.2) is 52.3 Å². The Morgan fingerprint density at radius 3 is 2.44 bits per heavy atom. The lowest BCUT2D eigenvalue weighted by molar-refractivity contribution is -0.384. The Hall–Kier alpha value is -2.97. The molecule has 9 nitrogen and oxygen atoms in total. The minimum absolute atomic E-state index is 0.0672. The molecular weight excluding hydrogens is 330 g/mol. The van der Waals surface area contributed by atoms with Gasteiger partial charge in [-0.15, -0.1) is 0 Å². The molecule has 1 aliphatic rings. The molecule has 1 aliphatic heterocycles. The minimum Gasteiger partial charge on any atom is -0.481 e. The molecule has 2 rings (SSSR count). The van der Waals surface area contributed by atoms with E-state index < -0.39 is 22.7 Å². The number of rotatable bonds is 6. The van der Waals surface area contributed by atoms with E-state index in [9.17, 15) is 24.5 Å². The normalized spacial score (nSPS) is 19.5. The summed E-state index contributed by atoms with van der Waals surface area (Å²) in [4.78, 5) is 46.6. The van der Waals surface area contributed by atoms with E-state index >= 15 is 0 Å². The quantitative estimate of drug-likeness (QED) is 0.579.